The summed E-state index contributed by atoms with van der Waals surface area (Å²) in [5.74, 6) is -0.0295. The van der Waals surface area contributed by atoms with Gasteiger partial charge in [-0.15, -0.1) is 0 Å². The maximum Gasteiger partial charge on any atom is 0.220 e. The van der Waals surface area contributed by atoms with Gasteiger partial charge in [0, 0.05) is 6.42 Å². The highest BCUT2D eigenvalue weighted by Gasteiger charge is 2.19. The zero-order valence-corrected chi connectivity index (χ0v) is 30.9. The van der Waals surface area contributed by atoms with Crippen molar-refractivity contribution in [2.45, 2.75) is 251 Å². The van der Waals surface area contributed by atoms with Gasteiger partial charge in [-0.3, -0.25) is 4.79 Å². The van der Waals surface area contributed by atoms with E-state index in [0.29, 0.717) is 12.8 Å². The van der Waals surface area contributed by atoms with Crippen molar-refractivity contribution in [2.24, 2.45) is 0 Å². The average molecular weight is 638 g/mol. The van der Waals surface area contributed by atoms with E-state index in [9.17, 15) is 15.0 Å². The number of rotatable bonds is 38. The van der Waals surface area contributed by atoms with Gasteiger partial charge in [-0.2, -0.15) is 0 Å². The van der Waals surface area contributed by atoms with Gasteiger partial charge in [-0.05, 0) is 12.8 Å². The molecule has 0 aromatic rings. The molecule has 4 heteroatoms. The van der Waals surface area contributed by atoms with Crippen molar-refractivity contribution >= 4 is 5.91 Å². The van der Waals surface area contributed by atoms with Gasteiger partial charge >= 0.3 is 0 Å². The normalized spacial score (nSPS) is 12.9. The number of nitrogens with one attached hydrogen (secondary N) is 1. The molecule has 3 N–H and O–H groups in total. The number of carbonyl (C=O) groups is 1. The molecule has 2 atom stereocenters. The highest BCUT2D eigenvalue weighted by Crippen LogP contribution is 2.16. The Balaban J connectivity index is 3.37. The summed E-state index contributed by atoms with van der Waals surface area (Å²) in [5, 5.41) is 23.0. The molecule has 1 amide bonds. The molecule has 0 rings (SSSR count). The Hall–Kier alpha value is -0.610. The largest absolute Gasteiger partial charge is 0.394 e. The predicted molar refractivity (Wildman–Crippen MR) is 198 cm³/mol. The second-order valence-corrected chi connectivity index (χ2v) is 14.4. The van der Waals surface area contributed by atoms with Crippen molar-refractivity contribution in [3.05, 3.63) is 0 Å². The predicted octanol–water partition coefficient (Wildman–Crippen LogP) is 12.5. The van der Waals surface area contributed by atoms with Crippen LogP contribution in [0.1, 0.15) is 239 Å². The standard InChI is InChI=1S/C41H83NO3/c1-3-5-7-9-11-13-14-15-16-17-18-19-20-21-22-23-24-25-26-27-28-29-31-33-35-37-41(45)42-39(38-43)40(44)36-34-32-30-12-10-8-6-4-2/h39-40,43-44H,3-38H2,1-2H3,(H,42,45). The molecule has 0 aromatic carbocycles. The second kappa shape index (κ2) is 37.8. The molecule has 0 aliphatic carbocycles. The molecule has 0 radical (unpaired) electrons. The van der Waals surface area contributed by atoms with E-state index in [1.807, 2.05) is 0 Å². The lowest BCUT2D eigenvalue weighted by molar-refractivity contribution is -0.123. The van der Waals surface area contributed by atoms with Crippen molar-refractivity contribution in [1.82, 2.24) is 5.32 Å². The van der Waals surface area contributed by atoms with Gasteiger partial charge in [-0.25, -0.2) is 0 Å². The van der Waals surface area contributed by atoms with Gasteiger partial charge in [0.15, 0.2) is 0 Å². The summed E-state index contributed by atoms with van der Waals surface area (Å²) in [6.07, 6.45) is 44.8. The molecular weight excluding hydrogens is 554 g/mol. The molecular formula is C41H83NO3. The number of unbranched alkanes of at least 4 members (excludes halogenated alkanes) is 31. The Morgan fingerprint density at radius 1 is 0.444 bits per heavy atom. The van der Waals surface area contributed by atoms with Crippen LogP contribution in [0.4, 0.5) is 0 Å². The molecule has 2 unspecified atom stereocenters. The van der Waals surface area contributed by atoms with Crippen LogP contribution >= 0.6 is 0 Å². The summed E-state index contributed by atoms with van der Waals surface area (Å²) in [7, 11) is 0. The molecule has 0 aromatic heterocycles. The number of hydrogen-bond donors (Lipinski definition) is 3. The number of aliphatic hydroxyl groups is 2. The van der Waals surface area contributed by atoms with Crippen LogP contribution in [0, 0.1) is 0 Å². The molecule has 45 heavy (non-hydrogen) atoms. The van der Waals surface area contributed by atoms with Crippen molar-refractivity contribution < 1.29 is 15.0 Å². The lowest BCUT2D eigenvalue weighted by Gasteiger charge is -2.22. The Morgan fingerprint density at radius 2 is 0.711 bits per heavy atom. The van der Waals surface area contributed by atoms with E-state index in [4.69, 9.17) is 0 Å². The SMILES string of the molecule is CCCCCCCCCCCCCCCCCCCCCCCCCCCC(=O)NC(CO)C(O)CCCCCCCCCC. The Kier molecular flexibility index (Phi) is 37.3. The lowest BCUT2D eigenvalue weighted by atomic mass is 10.0. The average Bonchev–Trinajstić information content (AvgIpc) is 3.04. The van der Waals surface area contributed by atoms with Gasteiger partial charge in [-0.1, -0.05) is 219 Å². The summed E-state index contributed by atoms with van der Waals surface area (Å²) < 4.78 is 0. The van der Waals surface area contributed by atoms with Crippen molar-refractivity contribution in [3.63, 3.8) is 0 Å². The second-order valence-electron chi connectivity index (χ2n) is 14.4. The first-order valence-corrected chi connectivity index (χ1v) is 20.7. The van der Waals surface area contributed by atoms with Crippen LogP contribution in [0.5, 0.6) is 0 Å². The minimum atomic E-state index is -0.650. The van der Waals surface area contributed by atoms with Crippen molar-refractivity contribution in [1.29, 1.82) is 0 Å². The molecule has 0 saturated heterocycles. The first-order chi connectivity index (χ1) is 22.2. The van der Waals surface area contributed by atoms with Gasteiger partial charge in [0.25, 0.3) is 0 Å². The number of amides is 1. The topological polar surface area (TPSA) is 69.6 Å². The molecule has 0 fully saturated rings. The van der Waals surface area contributed by atoms with E-state index in [1.54, 1.807) is 0 Å². The number of aliphatic hydroxyl groups excluding tert-OH is 2. The van der Waals surface area contributed by atoms with Crippen LogP contribution in [-0.4, -0.2) is 34.9 Å². The smallest absolute Gasteiger partial charge is 0.220 e. The fourth-order valence-corrected chi connectivity index (χ4v) is 6.66. The van der Waals surface area contributed by atoms with Crippen LogP contribution in [0.25, 0.3) is 0 Å². The van der Waals surface area contributed by atoms with Crippen LogP contribution in [0.15, 0.2) is 0 Å². The molecule has 0 heterocycles. The quantitative estimate of drug-likeness (QED) is 0.0590. The first kappa shape index (κ1) is 44.4. The highest BCUT2D eigenvalue weighted by atomic mass is 16.3. The van der Waals surface area contributed by atoms with E-state index < -0.39 is 12.1 Å². The van der Waals surface area contributed by atoms with E-state index >= 15 is 0 Å². The molecule has 0 saturated carbocycles. The fourth-order valence-electron chi connectivity index (χ4n) is 6.66. The molecule has 0 spiro atoms. The number of carbonyl (C=O) groups excluding carboxylic acids is 1. The summed E-state index contributed by atoms with van der Waals surface area (Å²) >= 11 is 0. The van der Waals surface area contributed by atoms with Gasteiger partial charge in [0.1, 0.15) is 0 Å². The third-order valence-electron chi connectivity index (χ3n) is 9.87. The van der Waals surface area contributed by atoms with E-state index in [1.165, 1.54) is 186 Å². The summed E-state index contributed by atoms with van der Waals surface area (Å²) in [6.45, 7) is 4.34. The lowest BCUT2D eigenvalue weighted by Crippen LogP contribution is -2.45. The summed E-state index contributed by atoms with van der Waals surface area (Å²) in [4.78, 5) is 12.3. The van der Waals surface area contributed by atoms with E-state index in [2.05, 4.69) is 19.2 Å². The molecule has 270 valence electrons. The zero-order chi connectivity index (χ0) is 32.9. The van der Waals surface area contributed by atoms with E-state index in [0.717, 1.165) is 25.7 Å². The summed E-state index contributed by atoms with van der Waals surface area (Å²) in [6, 6.07) is -0.527. The van der Waals surface area contributed by atoms with Gasteiger partial charge in [0.05, 0.1) is 18.8 Å². The summed E-state index contributed by atoms with van der Waals surface area (Å²) in [5.41, 5.74) is 0. The Bertz CT molecular complexity index is 569. The maximum atomic E-state index is 12.3. The third-order valence-corrected chi connectivity index (χ3v) is 9.87. The minimum Gasteiger partial charge on any atom is -0.394 e. The van der Waals surface area contributed by atoms with Crippen LogP contribution in [0.2, 0.25) is 0 Å². The minimum absolute atomic E-state index is 0.0295. The fraction of sp³-hybridized carbons (Fsp3) is 0.976. The monoisotopic (exact) mass is 638 g/mol. The van der Waals surface area contributed by atoms with Crippen LogP contribution in [-0.2, 0) is 4.79 Å². The molecule has 0 bridgehead atoms. The van der Waals surface area contributed by atoms with Gasteiger partial charge < -0.3 is 15.5 Å². The van der Waals surface area contributed by atoms with Gasteiger partial charge in [0.2, 0.25) is 5.91 Å². The zero-order valence-electron chi connectivity index (χ0n) is 30.9. The highest BCUT2D eigenvalue weighted by molar-refractivity contribution is 5.76. The molecule has 4 nitrogen and oxygen atoms in total. The van der Waals surface area contributed by atoms with Crippen LogP contribution in [0.3, 0.4) is 0 Å². The molecule has 0 aliphatic heterocycles. The Labute approximate surface area is 283 Å². The van der Waals surface area contributed by atoms with Crippen molar-refractivity contribution in [3.8, 4) is 0 Å². The third kappa shape index (κ3) is 34.5. The first-order valence-electron chi connectivity index (χ1n) is 20.7. The molecule has 0 aliphatic rings. The Morgan fingerprint density at radius 3 is 1.00 bits per heavy atom. The maximum absolute atomic E-state index is 12.3. The number of hydrogen-bond acceptors (Lipinski definition) is 3. The van der Waals surface area contributed by atoms with Crippen LogP contribution < -0.4 is 5.32 Å². The van der Waals surface area contributed by atoms with Crippen molar-refractivity contribution in [2.75, 3.05) is 6.61 Å². The van der Waals surface area contributed by atoms with E-state index in [-0.39, 0.29) is 12.5 Å².